The van der Waals surface area contributed by atoms with Crippen molar-refractivity contribution in [3.8, 4) is 5.75 Å². The lowest BCUT2D eigenvalue weighted by Crippen LogP contribution is -2.12. The number of hydrogen-bond donors (Lipinski definition) is 2. The third-order valence-electron chi connectivity index (χ3n) is 3.87. The van der Waals surface area contributed by atoms with Gasteiger partial charge in [-0.1, -0.05) is 6.07 Å². The molecule has 0 aliphatic rings. The standard InChI is InChI=1S/C21H21N3O2/c1-14-10-15(2)12-18(11-14)23-20-9-6-17(13-22-20)24-21(25)16-4-7-19(26-3)8-5-16/h4-13H,1-3H3,(H,22,23)(H,24,25). The molecule has 1 amide bonds. The molecule has 2 aromatic carbocycles. The summed E-state index contributed by atoms with van der Waals surface area (Å²) in [6.07, 6.45) is 1.63. The normalized spacial score (nSPS) is 10.3. The maximum absolute atomic E-state index is 12.3. The Morgan fingerprint density at radius 3 is 2.19 bits per heavy atom. The van der Waals surface area contributed by atoms with E-state index in [1.807, 2.05) is 12.1 Å². The second kappa shape index (κ2) is 7.70. The molecule has 0 fully saturated rings. The summed E-state index contributed by atoms with van der Waals surface area (Å²) < 4.78 is 5.10. The molecule has 5 nitrogen and oxygen atoms in total. The molecule has 0 atom stereocenters. The summed E-state index contributed by atoms with van der Waals surface area (Å²) in [4.78, 5) is 16.6. The number of rotatable bonds is 5. The number of nitrogens with zero attached hydrogens (tertiary/aromatic N) is 1. The van der Waals surface area contributed by atoms with Gasteiger partial charge in [0.05, 0.1) is 19.0 Å². The summed E-state index contributed by atoms with van der Waals surface area (Å²) in [5.74, 6) is 1.24. The van der Waals surface area contributed by atoms with Crippen molar-refractivity contribution in [2.24, 2.45) is 0 Å². The fourth-order valence-corrected chi connectivity index (χ4v) is 2.68. The lowest BCUT2D eigenvalue weighted by atomic mass is 10.1. The Morgan fingerprint density at radius 1 is 0.923 bits per heavy atom. The van der Waals surface area contributed by atoms with Crippen LogP contribution in [0.25, 0.3) is 0 Å². The third-order valence-corrected chi connectivity index (χ3v) is 3.87. The maximum Gasteiger partial charge on any atom is 0.255 e. The molecule has 0 aliphatic heterocycles. The first-order valence-electron chi connectivity index (χ1n) is 8.30. The zero-order valence-electron chi connectivity index (χ0n) is 15.0. The molecule has 0 aliphatic carbocycles. The van der Waals surface area contributed by atoms with Crippen LogP contribution in [-0.2, 0) is 0 Å². The average molecular weight is 347 g/mol. The summed E-state index contributed by atoms with van der Waals surface area (Å²) in [5, 5.41) is 6.11. The molecular formula is C21H21N3O2. The first kappa shape index (κ1) is 17.5. The zero-order chi connectivity index (χ0) is 18.5. The number of nitrogens with one attached hydrogen (secondary N) is 2. The number of aromatic nitrogens is 1. The van der Waals surface area contributed by atoms with E-state index in [0.717, 1.165) is 11.5 Å². The van der Waals surface area contributed by atoms with Crippen LogP contribution in [0.1, 0.15) is 21.5 Å². The van der Waals surface area contributed by atoms with Crippen molar-refractivity contribution >= 4 is 23.1 Å². The van der Waals surface area contributed by atoms with Crippen molar-refractivity contribution in [1.82, 2.24) is 4.98 Å². The largest absolute Gasteiger partial charge is 0.497 e. The molecule has 1 heterocycles. The monoisotopic (exact) mass is 347 g/mol. The maximum atomic E-state index is 12.3. The van der Waals surface area contributed by atoms with Gasteiger partial charge in [0.25, 0.3) is 5.91 Å². The van der Waals surface area contributed by atoms with Gasteiger partial charge in [-0.05, 0) is 73.5 Å². The molecule has 3 aromatic rings. The van der Waals surface area contributed by atoms with Gasteiger partial charge in [0.1, 0.15) is 11.6 Å². The van der Waals surface area contributed by atoms with Gasteiger partial charge >= 0.3 is 0 Å². The topological polar surface area (TPSA) is 63.2 Å². The number of ether oxygens (including phenoxy) is 1. The highest BCUT2D eigenvalue weighted by Crippen LogP contribution is 2.20. The van der Waals surface area contributed by atoms with Gasteiger partial charge in [-0.2, -0.15) is 0 Å². The van der Waals surface area contributed by atoms with E-state index in [1.165, 1.54) is 11.1 Å². The van der Waals surface area contributed by atoms with Gasteiger partial charge in [-0.25, -0.2) is 4.98 Å². The molecule has 0 spiro atoms. The van der Waals surface area contributed by atoms with E-state index in [1.54, 1.807) is 37.6 Å². The number of carbonyl (C=O) groups excluding carboxylic acids is 1. The van der Waals surface area contributed by atoms with Crippen molar-refractivity contribution in [3.63, 3.8) is 0 Å². The van der Waals surface area contributed by atoms with E-state index in [9.17, 15) is 4.79 Å². The van der Waals surface area contributed by atoms with Crippen LogP contribution >= 0.6 is 0 Å². The Morgan fingerprint density at radius 2 is 1.62 bits per heavy atom. The number of aryl methyl sites for hydroxylation is 2. The Hall–Kier alpha value is -3.34. The Balaban J connectivity index is 1.66. The zero-order valence-corrected chi connectivity index (χ0v) is 15.0. The Labute approximate surface area is 153 Å². The quantitative estimate of drug-likeness (QED) is 0.702. The first-order valence-corrected chi connectivity index (χ1v) is 8.30. The van der Waals surface area contributed by atoms with Gasteiger partial charge in [0.2, 0.25) is 0 Å². The number of hydrogen-bond acceptors (Lipinski definition) is 4. The molecule has 0 bridgehead atoms. The molecule has 26 heavy (non-hydrogen) atoms. The fourth-order valence-electron chi connectivity index (χ4n) is 2.68. The number of anilines is 3. The van der Waals surface area contributed by atoms with Crippen LogP contribution in [0.15, 0.2) is 60.8 Å². The second-order valence-corrected chi connectivity index (χ2v) is 6.12. The molecule has 2 N–H and O–H groups in total. The van der Waals surface area contributed by atoms with Crippen molar-refractivity contribution < 1.29 is 9.53 Å². The fraction of sp³-hybridized carbons (Fsp3) is 0.143. The van der Waals surface area contributed by atoms with E-state index in [4.69, 9.17) is 4.74 Å². The lowest BCUT2D eigenvalue weighted by molar-refractivity contribution is 0.102. The van der Waals surface area contributed by atoms with Crippen LogP contribution in [0.2, 0.25) is 0 Å². The van der Waals surface area contributed by atoms with Gasteiger partial charge in [0.15, 0.2) is 0 Å². The van der Waals surface area contributed by atoms with Gasteiger partial charge in [0, 0.05) is 11.3 Å². The van der Waals surface area contributed by atoms with Crippen molar-refractivity contribution in [2.75, 3.05) is 17.7 Å². The number of methoxy groups -OCH3 is 1. The summed E-state index contributed by atoms with van der Waals surface area (Å²) in [6.45, 7) is 4.12. The molecule has 3 rings (SSSR count). The van der Waals surface area contributed by atoms with Crippen LogP contribution in [0.5, 0.6) is 5.75 Å². The van der Waals surface area contributed by atoms with E-state index >= 15 is 0 Å². The SMILES string of the molecule is COc1ccc(C(=O)Nc2ccc(Nc3cc(C)cc(C)c3)nc2)cc1. The Kier molecular flexibility index (Phi) is 5.17. The molecule has 0 radical (unpaired) electrons. The summed E-state index contributed by atoms with van der Waals surface area (Å²) in [5.41, 5.74) is 4.57. The van der Waals surface area contributed by atoms with Gasteiger partial charge in [-0.15, -0.1) is 0 Å². The van der Waals surface area contributed by atoms with Crippen molar-refractivity contribution in [3.05, 3.63) is 77.5 Å². The summed E-state index contributed by atoms with van der Waals surface area (Å²) >= 11 is 0. The van der Waals surface area contributed by atoms with E-state index in [0.29, 0.717) is 17.0 Å². The molecule has 0 saturated heterocycles. The molecular weight excluding hydrogens is 326 g/mol. The van der Waals surface area contributed by atoms with Crippen LogP contribution in [0.3, 0.4) is 0 Å². The van der Waals surface area contributed by atoms with E-state index < -0.39 is 0 Å². The minimum Gasteiger partial charge on any atom is -0.497 e. The van der Waals surface area contributed by atoms with Gasteiger partial charge < -0.3 is 15.4 Å². The molecule has 5 heteroatoms. The summed E-state index contributed by atoms with van der Waals surface area (Å²) in [6, 6.07) is 16.8. The van der Waals surface area contributed by atoms with Gasteiger partial charge in [-0.3, -0.25) is 4.79 Å². The third kappa shape index (κ3) is 4.39. The highest BCUT2D eigenvalue weighted by Gasteiger charge is 2.07. The Bertz CT molecular complexity index is 883. The van der Waals surface area contributed by atoms with Crippen LogP contribution < -0.4 is 15.4 Å². The van der Waals surface area contributed by atoms with Crippen LogP contribution in [0.4, 0.5) is 17.2 Å². The molecule has 0 saturated carbocycles. The summed E-state index contributed by atoms with van der Waals surface area (Å²) in [7, 11) is 1.59. The van der Waals surface area contributed by atoms with E-state index in [2.05, 4.69) is 47.7 Å². The van der Waals surface area contributed by atoms with Crippen LogP contribution in [-0.4, -0.2) is 18.0 Å². The molecule has 0 unspecified atom stereocenters. The number of benzene rings is 2. The predicted molar refractivity (Wildman–Crippen MR) is 104 cm³/mol. The van der Waals surface area contributed by atoms with Crippen molar-refractivity contribution in [1.29, 1.82) is 0 Å². The van der Waals surface area contributed by atoms with Crippen LogP contribution in [0, 0.1) is 13.8 Å². The highest BCUT2D eigenvalue weighted by atomic mass is 16.5. The minimum atomic E-state index is -0.190. The number of amides is 1. The average Bonchev–Trinajstić information content (AvgIpc) is 2.62. The predicted octanol–water partition coefficient (Wildman–Crippen LogP) is 4.70. The lowest BCUT2D eigenvalue weighted by Gasteiger charge is -2.09. The number of carbonyl (C=O) groups is 1. The van der Waals surface area contributed by atoms with Crippen molar-refractivity contribution in [2.45, 2.75) is 13.8 Å². The highest BCUT2D eigenvalue weighted by molar-refractivity contribution is 6.04. The first-order chi connectivity index (χ1) is 12.5. The smallest absolute Gasteiger partial charge is 0.255 e. The second-order valence-electron chi connectivity index (χ2n) is 6.12. The molecule has 132 valence electrons. The number of pyridine rings is 1. The van der Waals surface area contributed by atoms with E-state index in [-0.39, 0.29) is 5.91 Å². The minimum absolute atomic E-state index is 0.190. The molecule has 1 aromatic heterocycles.